The second-order valence-electron chi connectivity index (χ2n) is 6.90. The summed E-state index contributed by atoms with van der Waals surface area (Å²) in [5.74, 6) is -2.46. The summed E-state index contributed by atoms with van der Waals surface area (Å²) in [5, 5.41) is 11.5. The Morgan fingerprint density at radius 3 is 1.96 bits per heavy atom. The lowest BCUT2D eigenvalue weighted by Crippen LogP contribution is -2.49. The van der Waals surface area contributed by atoms with Crippen molar-refractivity contribution in [3.05, 3.63) is 0 Å². The van der Waals surface area contributed by atoms with Gasteiger partial charge in [-0.05, 0) is 25.7 Å². The van der Waals surface area contributed by atoms with Crippen LogP contribution in [0.1, 0.15) is 65.2 Å². The number of carbonyl (C=O) groups excluding carboxylic acids is 2. The molecule has 2 rings (SSSR count). The number of carbonyl (C=O) groups is 2. The molecule has 0 radical (unpaired) electrons. The van der Waals surface area contributed by atoms with E-state index in [0.717, 1.165) is 64.5 Å². The Hall–Kier alpha value is -1.10. The number of carboxylic acid groups (broad SMARTS) is 1. The van der Waals surface area contributed by atoms with Crippen LogP contribution in [-0.2, 0) is 14.3 Å². The first kappa shape index (κ1) is 18.2. The molecule has 23 heavy (non-hydrogen) atoms. The first-order chi connectivity index (χ1) is 11.1. The van der Waals surface area contributed by atoms with Crippen molar-refractivity contribution in [2.45, 2.75) is 77.4 Å². The number of rotatable bonds is 10. The van der Waals surface area contributed by atoms with Crippen molar-refractivity contribution < 1.29 is 19.4 Å². The smallest absolute Gasteiger partial charge is 0.229 e. The average molecular weight is 324 g/mol. The van der Waals surface area contributed by atoms with Crippen molar-refractivity contribution in [3.8, 4) is 0 Å². The summed E-state index contributed by atoms with van der Waals surface area (Å²) < 4.78 is 5.71. The summed E-state index contributed by atoms with van der Waals surface area (Å²) in [6, 6.07) is 0. The van der Waals surface area contributed by atoms with E-state index in [0.29, 0.717) is 0 Å². The van der Waals surface area contributed by atoms with Gasteiger partial charge in [-0.3, -0.25) is 4.79 Å². The Labute approximate surface area is 139 Å². The highest BCUT2D eigenvalue weighted by atomic mass is 16.5. The van der Waals surface area contributed by atoms with E-state index in [9.17, 15) is 14.7 Å². The number of hydrogen-bond acceptors (Lipinski definition) is 4. The van der Waals surface area contributed by atoms with Gasteiger partial charge >= 0.3 is 0 Å². The Kier molecular flexibility index (Phi) is 6.88. The normalized spacial score (nSPS) is 29.0. The molecule has 0 spiro atoms. The lowest BCUT2D eigenvalue weighted by atomic mass is 9.78. The van der Waals surface area contributed by atoms with Gasteiger partial charge in [0.05, 0.1) is 18.1 Å². The molecule has 4 atom stereocenters. The van der Waals surface area contributed by atoms with Crippen LogP contribution < -0.4 is 5.11 Å². The molecule has 0 saturated carbocycles. The van der Waals surface area contributed by atoms with Crippen molar-refractivity contribution in [3.63, 3.8) is 0 Å². The molecule has 2 aliphatic rings. The first-order valence-corrected chi connectivity index (χ1v) is 9.25. The fourth-order valence-corrected chi connectivity index (χ4v) is 3.94. The second-order valence-corrected chi connectivity index (χ2v) is 6.90. The van der Waals surface area contributed by atoms with Crippen LogP contribution in [-0.4, -0.2) is 42.1 Å². The van der Waals surface area contributed by atoms with E-state index in [4.69, 9.17) is 4.74 Å². The number of carboxylic acids is 1. The second kappa shape index (κ2) is 8.67. The Morgan fingerprint density at radius 1 is 0.957 bits per heavy atom. The first-order valence-electron chi connectivity index (χ1n) is 9.25. The highest BCUT2D eigenvalue weighted by molar-refractivity contribution is 5.86. The SMILES string of the molecule is CCCCCN(CCCCC)C(=O)[C@@H]1[C@@H](C(=O)[O-])[C@@H]2CC[C@H]1O2. The molecule has 2 fully saturated rings. The molecule has 2 aliphatic heterocycles. The number of unbranched alkanes of at least 4 members (excludes halogenated alkanes) is 4. The minimum atomic E-state index is -1.13. The molecule has 1 amide bonds. The highest BCUT2D eigenvalue weighted by Crippen LogP contribution is 2.44. The van der Waals surface area contributed by atoms with Crippen molar-refractivity contribution in [2.24, 2.45) is 11.8 Å². The van der Waals surface area contributed by atoms with E-state index in [2.05, 4.69) is 13.8 Å². The fraction of sp³-hybridized carbons (Fsp3) is 0.889. The summed E-state index contributed by atoms with van der Waals surface area (Å²) in [6.45, 7) is 5.73. The quantitative estimate of drug-likeness (QED) is 0.574. The molecule has 2 saturated heterocycles. The maximum absolute atomic E-state index is 13.0. The topological polar surface area (TPSA) is 69.7 Å². The van der Waals surface area contributed by atoms with Gasteiger partial charge in [0.1, 0.15) is 0 Å². The zero-order chi connectivity index (χ0) is 16.8. The predicted molar refractivity (Wildman–Crippen MR) is 85.5 cm³/mol. The van der Waals surface area contributed by atoms with Crippen LogP contribution in [0.15, 0.2) is 0 Å². The van der Waals surface area contributed by atoms with Crippen LogP contribution >= 0.6 is 0 Å². The van der Waals surface area contributed by atoms with E-state index in [-0.39, 0.29) is 18.1 Å². The van der Waals surface area contributed by atoms with E-state index >= 15 is 0 Å². The highest BCUT2D eigenvalue weighted by Gasteiger charge is 2.53. The minimum absolute atomic E-state index is 0.0291. The largest absolute Gasteiger partial charge is 0.550 e. The van der Waals surface area contributed by atoms with Gasteiger partial charge < -0.3 is 19.5 Å². The van der Waals surface area contributed by atoms with Crippen LogP contribution in [0.5, 0.6) is 0 Å². The monoisotopic (exact) mass is 324 g/mol. The summed E-state index contributed by atoms with van der Waals surface area (Å²) in [6.07, 6.45) is 7.33. The number of ether oxygens (including phenoxy) is 1. The van der Waals surface area contributed by atoms with Crippen LogP contribution in [0.25, 0.3) is 0 Å². The molecule has 0 N–H and O–H groups in total. The molecule has 2 bridgehead atoms. The number of amides is 1. The molecule has 0 aliphatic carbocycles. The third kappa shape index (κ3) is 4.25. The molecule has 0 aromatic carbocycles. The molecule has 0 unspecified atom stereocenters. The Balaban J connectivity index is 2.03. The number of fused-ring (bicyclic) bond motifs is 2. The van der Waals surface area contributed by atoms with E-state index in [1.807, 2.05) is 4.90 Å². The van der Waals surface area contributed by atoms with E-state index in [1.54, 1.807) is 0 Å². The summed E-state index contributed by atoms with van der Waals surface area (Å²) >= 11 is 0. The molecule has 0 aromatic heterocycles. The molecular formula is C18H30NO4-. The molecule has 2 heterocycles. The third-order valence-corrected chi connectivity index (χ3v) is 5.21. The predicted octanol–water partition coefficient (Wildman–Crippen LogP) is 1.74. The molecule has 0 aromatic rings. The third-order valence-electron chi connectivity index (χ3n) is 5.21. The van der Waals surface area contributed by atoms with E-state index < -0.39 is 17.8 Å². The van der Waals surface area contributed by atoms with Gasteiger partial charge in [0.15, 0.2) is 0 Å². The van der Waals surface area contributed by atoms with E-state index in [1.165, 1.54) is 0 Å². The van der Waals surface area contributed by atoms with Crippen molar-refractivity contribution in [1.82, 2.24) is 4.90 Å². The van der Waals surface area contributed by atoms with Gasteiger partial charge in [0, 0.05) is 25.0 Å². The van der Waals surface area contributed by atoms with Gasteiger partial charge in [0.25, 0.3) is 0 Å². The minimum Gasteiger partial charge on any atom is -0.550 e. The summed E-state index contributed by atoms with van der Waals surface area (Å²) in [7, 11) is 0. The number of hydrogen-bond donors (Lipinski definition) is 0. The van der Waals surface area contributed by atoms with Crippen LogP contribution in [0.2, 0.25) is 0 Å². The van der Waals surface area contributed by atoms with Gasteiger partial charge in [-0.2, -0.15) is 0 Å². The van der Waals surface area contributed by atoms with Crippen LogP contribution in [0, 0.1) is 11.8 Å². The maximum Gasteiger partial charge on any atom is 0.229 e. The van der Waals surface area contributed by atoms with Gasteiger partial charge in [-0.25, -0.2) is 0 Å². The Morgan fingerprint density at radius 2 is 1.48 bits per heavy atom. The standard InChI is InChI=1S/C18H31NO4/c1-3-5-7-11-19(12-8-6-4-2)17(20)15-13-9-10-14(23-13)16(15)18(21)22/h13-16H,3-12H2,1-2H3,(H,21,22)/p-1/t13-,14+,15+,16+/m1/s1. The average Bonchev–Trinajstić information content (AvgIpc) is 3.14. The number of aliphatic carboxylic acids is 1. The van der Waals surface area contributed by atoms with Crippen molar-refractivity contribution in [1.29, 1.82) is 0 Å². The Bertz CT molecular complexity index is 402. The lowest BCUT2D eigenvalue weighted by molar-refractivity contribution is -0.314. The zero-order valence-corrected chi connectivity index (χ0v) is 14.5. The number of nitrogens with zero attached hydrogens (tertiary/aromatic N) is 1. The molecule has 132 valence electrons. The molecule has 5 nitrogen and oxygen atoms in total. The van der Waals surface area contributed by atoms with Crippen molar-refractivity contribution >= 4 is 11.9 Å². The van der Waals surface area contributed by atoms with Gasteiger partial charge in [-0.1, -0.05) is 39.5 Å². The lowest BCUT2D eigenvalue weighted by Gasteiger charge is -2.33. The zero-order valence-electron chi connectivity index (χ0n) is 14.5. The van der Waals surface area contributed by atoms with Gasteiger partial charge in [0.2, 0.25) is 5.91 Å². The maximum atomic E-state index is 13.0. The van der Waals surface area contributed by atoms with Crippen LogP contribution in [0.3, 0.4) is 0 Å². The van der Waals surface area contributed by atoms with Crippen molar-refractivity contribution in [2.75, 3.05) is 13.1 Å². The van der Waals surface area contributed by atoms with Crippen LogP contribution in [0.4, 0.5) is 0 Å². The summed E-state index contributed by atoms with van der Waals surface area (Å²) in [5.41, 5.74) is 0. The van der Waals surface area contributed by atoms with Gasteiger partial charge in [-0.15, -0.1) is 0 Å². The molecular weight excluding hydrogens is 294 g/mol. The molecule has 5 heteroatoms. The fourth-order valence-electron chi connectivity index (χ4n) is 3.94. The summed E-state index contributed by atoms with van der Waals surface area (Å²) in [4.78, 5) is 26.4.